The van der Waals surface area contributed by atoms with Crippen molar-refractivity contribution >= 4 is 63.0 Å². The van der Waals surface area contributed by atoms with Crippen LogP contribution in [-0.4, -0.2) is 47.2 Å². The highest BCUT2D eigenvalue weighted by Gasteiger charge is 2.23. The number of nitrogens with zero attached hydrogens (tertiary/aromatic N) is 3. The number of hydrogen-bond acceptors (Lipinski definition) is 8. The van der Waals surface area contributed by atoms with Crippen LogP contribution in [0.1, 0.15) is 21.8 Å². The van der Waals surface area contributed by atoms with E-state index in [1.165, 1.54) is 12.1 Å². The average Bonchev–Trinajstić information content (AvgIpc) is 3.31. The molecule has 1 aliphatic rings. The van der Waals surface area contributed by atoms with Crippen molar-refractivity contribution in [1.82, 2.24) is 10.3 Å². The molecule has 38 heavy (non-hydrogen) atoms. The molecule has 4 aromatic rings. The molecule has 0 saturated carbocycles. The van der Waals surface area contributed by atoms with E-state index in [9.17, 15) is 14.9 Å². The van der Waals surface area contributed by atoms with Crippen molar-refractivity contribution < 1.29 is 18.9 Å². The molecule has 2 N–H and O–H groups in total. The zero-order chi connectivity index (χ0) is 26.6. The van der Waals surface area contributed by atoms with Gasteiger partial charge in [-0.15, -0.1) is 0 Å². The summed E-state index contributed by atoms with van der Waals surface area (Å²) in [6.07, 6.45) is 0.512. The molecule has 5 rings (SSSR count). The number of amides is 1. The molecule has 1 aromatic heterocycles. The Morgan fingerprint density at radius 2 is 1.87 bits per heavy atom. The van der Waals surface area contributed by atoms with E-state index in [0.29, 0.717) is 66.1 Å². The maximum atomic E-state index is 13.1. The average molecular weight is 552 g/mol. The number of rotatable bonds is 6. The first-order chi connectivity index (χ1) is 18.4. The quantitative estimate of drug-likeness (QED) is 0.195. The highest BCUT2D eigenvalue weighted by molar-refractivity contribution is 7.80. The van der Waals surface area contributed by atoms with Gasteiger partial charge >= 0.3 is 0 Å². The molecule has 1 fully saturated rings. The third-order valence-corrected chi connectivity index (χ3v) is 6.43. The summed E-state index contributed by atoms with van der Waals surface area (Å²) in [7, 11) is 0. The smallest absolute Gasteiger partial charge is 0.270 e. The summed E-state index contributed by atoms with van der Waals surface area (Å²) in [6, 6.07) is 16.9. The van der Waals surface area contributed by atoms with Gasteiger partial charge in [-0.2, -0.15) is 0 Å². The first-order valence-electron chi connectivity index (χ1n) is 11.7. The molecule has 0 spiro atoms. The molecular weight excluding hydrogens is 530 g/mol. The van der Waals surface area contributed by atoms with Crippen molar-refractivity contribution in [3.8, 4) is 0 Å². The van der Waals surface area contributed by atoms with Gasteiger partial charge in [-0.1, -0.05) is 23.7 Å². The Bertz CT molecular complexity index is 1520. The first kappa shape index (κ1) is 25.6. The van der Waals surface area contributed by atoms with Crippen molar-refractivity contribution in [2.24, 2.45) is 0 Å². The van der Waals surface area contributed by atoms with Crippen molar-refractivity contribution in [1.29, 1.82) is 0 Å². The van der Waals surface area contributed by atoms with E-state index in [1.807, 2.05) is 29.2 Å². The van der Waals surface area contributed by atoms with Crippen LogP contribution in [0.3, 0.4) is 0 Å². The summed E-state index contributed by atoms with van der Waals surface area (Å²) < 4.78 is 11.2. The van der Waals surface area contributed by atoms with Crippen LogP contribution in [0, 0.1) is 10.1 Å². The Balaban J connectivity index is 1.29. The predicted octanol–water partition coefficient (Wildman–Crippen LogP) is 4.94. The van der Waals surface area contributed by atoms with Crippen molar-refractivity contribution in [3.05, 3.63) is 92.8 Å². The number of nitrogens with one attached hydrogen (secondary N) is 2. The van der Waals surface area contributed by atoms with E-state index >= 15 is 0 Å². The molecule has 1 amide bonds. The van der Waals surface area contributed by atoms with Crippen LogP contribution in [-0.2, 0) is 11.2 Å². The zero-order valence-electron chi connectivity index (χ0n) is 20.0. The molecule has 3 aromatic carbocycles. The van der Waals surface area contributed by atoms with Crippen LogP contribution < -0.4 is 15.5 Å². The third kappa shape index (κ3) is 5.91. The predicted molar refractivity (Wildman–Crippen MR) is 148 cm³/mol. The standard InChI is InChI=1S/C26H22ClN5O5S/c27-17-3-1-16(2-4-17)13-24-29-21-14-18(5-8-23(21)37-24)28-26(38)30-25(33)20-15-19(32(34)35)6-7-22(20)31-9-11-36-12-10-31/h1-8,14-15H,9-13H2,(H2,28,30,33,38). The van der Waals surface area contributed by atoms with Crippen molar-refractivity contribution in [2.45, 2.75) is 6.42 Å². The van der Waals surface area contributed by atoms with Crippen molar-refractivity contribution in [2.75, 3.05) is 36.5 Å². The van der Waals surface area contributed by atoms with E-state index in [2.05, 4.69) is 15.6 Å². The number of carbonyl (C=O) groups is 1. The van der Waals surface area contributed by atoms with E-state index in [-0.39, 0.29) is 16.4 Å². The normalized spacial score (nSPS) is 13.3. The SMILES string of the molecule is O=C(NC(=S)Nc1ccc2oc(Cc3ccc(Cl)cc3)nc2c1)c1cc([N+](=O)[O-])ccc1N1CCOCC1. The number of hydrogen-bond donors (Lipinski definition) is 2. The summed E-state index contributed by atoms with van der Waals surface area (Å²) in [5.74, 6) is -0.00266. The van der Waals surface area contributed by atoms with Crippen LogP contribution >= 0.6 is 23.8 Å². The minimum atomic E-state index is -0.555. The van der Waals surface area contributed by atoms with Gasteiger partial charge in [0.2, 0.25) is 0 Å². The maximum absolute atomic E-state index is 13.1. The summed E-state index contributed by atoms with van der Waals surface area (Å²) in [4.78, 5) is 30.4. The van der Waals surface area contributed by atoms with Gasteiger partial charge in [0.1, 0.15) is 5.52 Å². The lowest BCUT2D eigenvalue weighted by Gasteiger charge is -2.30. The lowest BCUT2D eigenvalue weighted by atomic mass is 10.1. The fraction of sp³-hybridized carbons (Fsp3) is 0.192. The number of anilines is 2. The monoisotopic (exact) mass is 551 g/mol. The van der Waals surface area contributed by atoms with Crippen LogP contribution in [0.4, 0.5) is 17.1 Å². The number of fused-ring (bicyclic) bond motifs is 1. The molecular formula is C26H22ClN5O5S. The third-order valence-electron chi connectivity index (χ3n) is 5.97. The van der Waals surface area contributed by atoms with Gasteiger partial charge in [0.05, 0.1) is 29.4 Å². The number of halogens is 1. The number of nitro groups is 1. The molecule has 0 aliphatic carbocycles. The van der Waals surface area contributed by atoms with Crippen LogP contribution in [0.2, 0.25) is 5.02 Å². The fourth-order valence-electron chi connectivity index (χ4n) is 4.14. The first-order valence-corrected chi connectivity index (χ1v) is 12.5. The fourth-order valence-corrected chi connectivity index (χ4v) is 4.47. The second-order valence-electron chi connectivity index (χ2n) is 8.56. The Hall–Kier alpha value is -4.06. The minimum absolute atomic E-state index is 0.0404. The number of nitro benzene ring substituents is 1. The van der Waals surface area contributed by atoms with Crippen LogP contribution in [0.5, 0.6) is 0 Å². The van der Waals surface area contributed by atoms with E-state index < -0.39 is 10.8 Å². The number of morpholine rings is 1. The Labute approximate surface area is 227 Å². The van der Waals surface area contributed by atoms with Gasteiger partial charge in [0.25, 0.3) is 11.6 Å². The number of non-ortho nitro benzene ring substituents is 1. The highest BCUT2D eigenvalue weighted by Crippen LogP contribution is 2.27. The van der Waals surface area contributed by atoms with E-state index in [4.69, 9.17) is 33.0 Å². The number of thiocarbonyl (C=S) groups is 1. The molecule has 0 atom stereocenters. The molecule has 194 valence electrons. The summed E-state index contributed by atoms with van der Waals surface area (Å²) in [6.45, 7) is 2.14. The molecule has 0 bridgehead atoms. The van der Waals surface area contributed by atoms with Gasteiger partial charge in [-0.3, -0.25) is 20.2 Å². The lowest BCUT2D eigenvalue weighted by Crippen LogP contribution is -2.39. The molecule has 1 aliphatic heterocycles. The Morgan fingerprint density at radius 3 is 2.61 bits per heavy atom. The van der Waals surface area contributed by atoms with Gasteiger partial charge in [0.15, 0.2) is 16.6 Å². The number of oxazole rings is 1. The molecule has 2 heterocycles. The number of carbonyl (C=O) groups excluding carboxylic acids is 1. The Kier molecular flexibility index (Phi) is 7.50. The molecule has 10 nitrogen and oxygen atoms in total. The summed E-state index contributed by atoms with van der Waals surface area (Å²) >= 11 is 11.3. The van der Waals surface area contributed by atoms with Gasteiger partial charge in [0, 0.05) is 42.4 Å². The molecule has 1 saturated heterocycles. The molecule has 0 radical (unpaired) electrons. The van der Waals surface area contributed by atoms with Crippen LogP contribution in [0.15, 0.2) is 65.1 Å². The maximum Gasteiger partial charge on any atom is 0.270 e. The number of aromatic nitrogens is 1. The second kappa shape index (κ2) is 11.1. The summed E-state index contributed by atoms with van der Waals surface area (Å²) in [5.41, 5.74) is 3.40. The second-order valence-corrected chi connectivity index (χ2v) is 9.40. The highest BCUT2D eigenvalue weighted by atomic mass is 35.5. The molecule has 0 unspecified atom stereocenters. The Morgan fingerprint density at radius 1 is 1.11 bits per heavy atom. The number of benzene rings is 3. The number of ether oxygens (including phenoxy) is 1. The topological polar surface area (TPSA) is 123 Å². The largest absolute Gasteiger partial charge is 0.440 e. The van der Waals surface area contributed by atoms with Gasteiger partial charge in [-0.05, 0) is 54.2 Å². The van der Waals surface area contributed by atoms with Gasteiger partial charge < -0.3 is 19.4 Å². The van der Waals surface area contributed by atoms with Crippen LogP contribution in [0.25, 0.3) is 11.1 Å². The zero-order valence-corrected chi connectivity index (χ0v) is 21.6. The summed E-state index contributed by atoms with van der Waals surface area (Å²) in [5, 5.41) is 17.6. The van der Waals surface area contributed by atoms with Crippen molar-refractivity contribution in [3.63, 3.8) is 0 Å². The van der Waals surface area contributed by atoms with E-state index in [0.717, 1.165) is 5.56 Å². The minimum Gasteiger partial charge on any atom is -0.440 e. The van der Waals surface area contributed by atoms with E-state index in [1.54, 1.807) is 24.3 Å². The van der Waals surface area contributed by atoms with Gasteiger partial charge in [-0.25, -0.2) is 4.98 Å². The molecule has 12 heteroatoms. The lowest BCUT2D eigenvalue weighted by molar-refractivity contribution is -0.384.